The lowest BCUT2D eigenvalue weighted by molar-refractivity contribution is 0.0186. The first kappa shape index (κ1) is 16.8. The second kappa shape index (κ2) is 7.63. The van der Waals surface area contributed by atoms with E-state index in [1.165, 1.54) is 5.56 Å². The molecule has 1 aliphatic rings. The van der Waals surface area contributed by atoms with E-state index in [1.54, 1.807) is 0 Å². The summed E-state index contributed by atoms with van der Waals surface area (Å²) in [5.41, 5.74) is 0.742. The van der Waals surface area contributed by atoms with Crippen LogP contribution in [0, 0.1) is 0 Å². The molecule has 1 atom stereocenters. The van der Waals surface area contributed by atoms with E-state index in [0.717, 1.165) is 25.8 Å². The molecule has 4 nitrogen and oxygen atoms in total. The highest BCUT2D eigenvalue weighted by Crippen LogP contribution is 2.23. The van der Waals surface area contributed by atoms with Crippen LogP contribution < -0.4 is 0 Å². The maximum Gasteiger partial charge on any atom is 0.410 e. The SMILES string of the molecule is CC(C)(C)OC(=O)N1CCCC1CCOCc1ccccc1. The Bertz CT molecular complexity index is 467. The van der Waals surface area contributed by atoms with E-state index in [1.807, 2.05) is 43.9 Å². The molecule has 2 rings (SSSR count). The quantitative estimate of drug-likeness (QED) is 0.772. The molecule has 0 radical (unpaired) electrons. The summed E-state index contributed by atoms with van der Waals surface area (Å²) in [5, 5.41) is 0. The zero-order valence-corrected chi connectivity index (χ0v) is 13.9. The molecule has 1 amide bonds. The first-order chi connectivity index (χ1) is 10.5. The van der Waals surface area contributed by atoms with Crippen LogP contribution in [0.25, 0.3) is 0 Å². The summed E-state index contributed by atoms with van der Waals surface area (Å²) in [5.74, 6) is 0. The van der Waals surface area contributed by atoms with Gasteiger partial charge in [-0.15, -0.1) is 0 Å². The first-order valence-electron chi connectivity index (χ1n) is 8.07. The molecule has 1 aliphatic heterocycles. The Balaban J connectivity index is 1.73. The van der Waals surface area contributed by atoms with Crippen LogP contribution in [0.4, 0.5) is 4.79 Å². The Labute approximate surface area is 133 Å². The molecule has 0 aromatic heterocycles. The van der Waals surface area contributed by atoms with Crippen molar-refractivity contribution in [3.05, 3.63) is 35.9 Å². The van der Waals surface area contributed by atoms with E-state index in [2.05, 4.69) is 12.1 Å². The molecule has 122 valence electrons. The van der Waals surface area contributed by atoms with Gasteiger partial charge in [0.25, 0.3) is 0 Å². The number of hydrogen-bond donors (Lipinski definition) is 0. The zero-order valence-electron chi connectivity index (χ0n) is 13.9. The summed E-state index contributed by atoms with van der Waals surface area (Å²) >= 11 is 0. The van der Waals surface area contributed by atoms with Gasteiger partial charge in [0.1, 0.15) is 5.60 Å². The average Bonchev–Trinajstić information content (AvgIpc) is 2.91. The van der Waals surface area contributed by atoms with E-state index in [0.29, 0.717) is 13.2 Å². The largest absolute Gasteiger partial charge is 0.444 e. The van der Waals surface area contributed by atoms with Gasteiger partial charge in [-0.3, -0.25) is 0 Å². The molecule has 0 bridgehead atoms. The van der Waals surface area contributed by atoms with Gasteiger partial charge in [0.05, 0.1) is 6.61 Å². The number of likely N-dealkylation sites (tertiary alicyclic amines) is 1. The Kier molecular flexibility index (Phi) is 5.83. The lowest BCUT2D eigenvalue weighted by Crippen LogP contribution is -2.40. The highest BCUT2D eigenvalue weighted by Gasteiger charge is 2.31. The summed E-state index contributed by atoms with van der Waals surface area (Å²) in [6.45, 7) is 7.79. The van der Waals surface area contributed by atoms with E-state index in [-0.39, 0.29) is 12.1 Å². The summed E-state index contributed by atoms with van der Waals surface area (Å²) < 4.78 is 11.2. The van der Waals surface area contributed by atoms with Crippen molar-refractivity contribution in [1.29, 1.82) is 0 Å². The van der Waals surface area contributed by atoms with Crippen LogP contribution in [-0.2, 0) is 16.1 Å². The molecule has 1 heterocycles. The van der Waals surface area contributed by atoms with Crippen LogP contribution >= 0.6 is 0 Å². The van der Waals surface area contributed by atoms with Crippen LogP contribution in [0.2, 0.25) is 0 Å². The highest BCUT2D eigenvalue weighted by molar-refractivity contribution is 5.68. The van der Waals surface area contributed by atoms with Gasteiger partial charge in [-0.2, -0.15) is 0 Å². The lowest BCUT2D eigenvalue weighted by Gasteiger charge is -2.28. The molecule has 0 spiro atoms. The third-order valence-electron chi connectivity index (χ3n) is 3.71. The summed E-state index contributed by atoms with van der Waals surface area (Å²) in [7, 11) is 0. The molecule has 0 N–H and O–H groups in total. The van der Waals surface area contributed by atoms with Gasteiger partial charge < -0.3 is 14.4 Å². The fourth-order valence-electron chi connectivity index (χ4n) is 2.68. The van der Waals surface area contributed by atoms with Gasteiger partial charge in [-0.25, -0.2) is 4.79 Å². The van der Waals surface area contributed by atoms with Crippen LogP contribution in [-0.4, -0.2) is 35.8 Å². The van der Waals surface area contributed by atoms with Crippen LogP contribution in [0.15, 0.2) is 30.3 Å². The summed E-state index contributed by atoms with van der Waals surface area (Å²) in [4.78, 5) is 14.0. The standard InChI is InChI=1S/C18H27NO3/c1-18(2,3)22-17(20)19-12-7-10-16(19)11-13-21-14-15-8-5-4-6-9-15/h4-6,8-9,16H,7,10-14H2,1-3H3. The number of carbonyl (C=O) groups excluding carboxylic acids is 1. The zero-order chi connectivity index (χ0) is 16.0. The molecule has 1 aromatic carbocycles. The smallest absolute Gasteiger partial charge is 0.410 e. The number of hydrogen-bond acceptors (Lipinski definition) is 3. The minimum absolute atomic E-state index is 0.196. The van der Waals surface area contributed by atoms with E-state index in [9.17, 15) is 4.79 Å². The Morgan fingerprint density at radius 2 is 2.00 bits per heavy atom. The van der Waals surface area contributed by atoms with Gasteiger partial charge in [-0.05, 0) is 45.6 Å². The Morgan fingerprint density at radius 3 is 2.68 bits per heavy atom. The van der Waals surface area contributed by atoms with Gasteiger partial charge in [0.2, 0.25) is 0 Å². The summed E-state index contributed by atoms with van der Waals surface area (Å²) in [6, 6.07) is 10.4. The predicted octanol–water partition coefficient (Wildman–Crippen LogP) is 3.99. The molecule has 1 unspecified atom stereocenters. The van der Waals surface area contributed by atoms with Crippen molar-refractivity contribution in [3.8, 4) is 0 Å². The molecule has 1 fully saturated rings. The first-order valence-corrected chi connectivity index (χ1v) is 8.07. The summed E-state index contributed by atoms with van der Waals surface area (Å²) in [6.07, 6.45) is 2.75. The maximum absolute atomic E-state index is 12.2. The van der Waals surface area contributed by atoms with Crippen molar-refractivity contribution >= 4 is 6.09 Å². The Hall–Kier alpha value is -1.55. The van der Waals surface area contributed by atoms with Crippen molar-refractivity contribution in [1.82, 2.24) is 4.90 Å². The van der Waals surface area contributed by atoms with Gasteiger partial charge in [-0.1, -0.05) is 30.3 Å². The molecular formula is C18H27NO3. The van der Waals surface area contributed by atoms with E-state index in [4.69, 9.17) is 9.47 Å². The minimum atomic E-state index is -0.436. The molecule has 22 heavy (non-hydrogen) atoms. The van der Waals surface area contributed by atoms with Crippen molar-refractivity contribution in [2.24, 2.45) is 0 Å². The predicted molar refractivity (Wildman–Crippen MR) is 86.7 cm³/mol. The lowest BCUT2D eigenvalue weighted by atomic mass is 10.1. The van der Waals surface area contributed by atoms with Gasteiger partial charge in [0.15, 0.2) is 0 Å². The van der Waals surface area contributed by atoms with Gasteiger partial charge >= 0.3 is 6.09 Å². The number of nitrogens with zero attached hydrogens (tertiary/aromatic N) is 1. The molecule has 4 heteroatoms. The second-order valence-corrected chi connectivity index (χ2v) is 6.80. The van der Waals surface area contributed by atoms with Crippen molar-refractivity contribution in [3.63, 3.8) is 0 Å². The van der Waals surface area contributed by atoms with Crippen molar-refractivity contribution in [2.45, 2.75) is 58.3 Å². The highest BCUT2D eigenvalue weighted by atomic mass is 16.6. The second-order valence-electron chi connectivity index (χ2n) is 6.80. The number of rotatable bonds is 5. The van der Waals surface area contributed by atoms with Crippen molar-refractivity contribution in [2.75, 3.05) is 13.2 Å². The number of ether oxygens (including phenoxy) is 2. The normalized spacial score (nSPS) is 18.5. The molecule has 0 saturated carbocycles. The molecule has 1 aromatic rings. The molecule has 0 aliphatic carbocycles. The van der Waals surface area contributed by atoms with Crippen LogP contribution in [0.1, 0.15) is 45.6 Å². The van der Waals surface area contributed by atoms with Crippen molar-refractivity contribution < 1.29 is 14.3 Å². The maximum atomic E-state index is 12.2. The number of carbonyl (C=O) groups is 1. The molecule has 1 saturated heterocycles. The fraction of sp³-hybridized carbons (Fsp3) is 0.611. The number of benzene rings is 1. The third kappa shape index (κ3) is 5.34. The average molecular weight is 305 g/mol. The van der Waals surface area contributed by atoms with E-state index < -0.39 is 5.60 Å². The van der Waals surface area contributed by atoms with E-state index >= 15 is 0 Å². The molecular weight excluding hydrogens is 278 g/mol. The van der Waals surface area contributed by atoms with Gasteiger partial charge in [0, 0.05) is 19.2 Å². The number of amides is 1. The Morgan fingerprint density at radius 1 is 1.27 bits per heavy atom. The topological polar surface area (TPSA) is 38.8 Å². The fourth-order valence-corrected chi connectivity index (χ4v) is 2.68. The third-order valence-corrected chi connectivity index (χ3v) is 3.71. The van der Waals surface area contributed by atoms with Crippen LogP contribution in [0.5, 0.6) is 0 Å². The monoisotopic (exact) mass is 305 g/mol. The minimum Gasteiger partial charge on any atom is -0.444 e. The van der Waals surface area contributed by atoms with Crippen LogP contribution in [0.3, 0.4) is 0 Å².